The lowest BCUT2D eigenvalue weighted by Crippen LogP contribution is -2.29. The van der Waals surface area contributed by atoms with Gasteiger partial charge in [-0.05, 0) is 51.0 Å². The molecule has 1 saturated heterocycles. The summed E-state index contributed by atoms with van der Waals surface area (Å²) in [6, 6.07) is 7.24. The number of carbonyl (C=O) groups excluding carboxylic acids is 1. The van der Waals surface area contributed by atoms with Crippen LogP contribution in [0.3, 0.4) is 0 Å². The summed E-state index contributed by atoms with van der Waals surface area (Å²) in [6.45, 7) is 4.62. The Kier molecular flexibility index (Phi) is 6.34. The van der Waals surface area contributed by atoms with E-state index in [2.05, 4.69) is 10.2 Å². The number of nitrogens with two attached hydrogens (primary N) is 1. The van der Waals surface area contributed by atoms with Crippen LogP contribution in [-0.4, -0.2) is 43.6 Å². The van der Waals surface area contributed by atoms with Crippen LogP contribution >= 0.6 is 0 Å². The van der Waals surface area contributed by atoms with Crippen LogP contribution in [0.2, 0.25) is 0 Å². The van der Waals surface area contributed by atoms with Gasteiger partial charge >= 0.3 is 0 Å². The fourth-order valence-corrected chi connectivity index (χ4v) is 2.49. The zero-order valence-electron chi connectivity index (χ0n) is 12.5. The molecule has 3 N–H and O–H groups in total. The van der Waals surface area contributed by atoms with E-state index in [0.717, 1.165) is 19.5 Å². The summed E-state index contributed by atoms with van der Waals surface area (Å²) >= 11 is 0. The highest BCUT2D eigenvalue weighted by molar-refractivity contribution is 5.75. The maximum Gasteiger partial charge on any atom is 0.223 e. The lowest BCUT2D eigenvalue weighted by molar-refractivity contribution is -0.121. The Morgan fingerprint density at radius 3 is 2.90 bits per heavy atom. The number of rotatable bonds is 8. The van der Waals surface area contributed by atoms with Gasteiger partial charge in [0, 0.05) is 18.3 Å². The van der Waals surface area contributed by atoms with Gasteiger partial charge in [0.05, 0.1) is 13.0 Å². The number of hydrogen-bond acceptors (Lipinski definition) is 4. The van der Waals surface area contributed by atoms with Crippen LogP contribution < -0.4 is 15.8 Å². The Morgan fingerprint density at radius 1 is 1.33 bits per heavy atom. The third kappa shape index (κ3) is 6.04. The number of ether oxygens (including phenoxy) is 1. The first-order chi connectivity index (χ1) is 10.2. The van der Waals surface area contributed by atoms with Crippen LogP contribution in [0.15, 0.2) is 24.3 Å². The molecule has 1 aromatic rings. The first-order valence-electron chi connectivity index (χ1n) is 7.71. The van der Waals surface area contributed by atoms with Crippen molar-refractivity contribution in [2.45, 2.75) is 25.7 Å². The first-order valence-corrected chi connectivity index (χ1v) is 7.71. The number of benzene rings is 1. The highest BCUT2D eigenvalue weighted by atomic mass is 16.5. The van der Waals surface area contributed by atoms with Crippen molar-refractivity contribution in [3.8, 4) is 5.75 Å². The van der Waals surface area contributed by atoms with Gasteiger partial charge < -0.3 is 20.7 Å². The van der Waals surface area contributed by atoms with Crippen LogP contribution in [0.25, 0.3) is 0 Å². The maximum atomic E-state index is 11.7. The highest BCUT2D eigenvalue weighted by Crippen LogP contribution is 2.14. The second kappa shape index (κ2) is 8.52. The molecular weight excluding hydrogens is 266 g/mol. The van der Waals surface area contributed by atoms with Gasteiger partial charge in [0.15, 0.2) is 0 Å². The molecule has 0 unspecified atom stereocenters. The number of nitrogen functional groups attached to an aromatic ring is 1. The normalized spacial score (nSPS) is 15.0. The van der Waals surface area contributed by atoms with E-state index in [1.807, 2.05) is 12.1 Å². The fourth-order valence-electron chi connectivity index (χ4n) is 2.49. The van der Waals surface area contributed by atoms with Crippen molar-refractivity contribution in [1.29, 1.82) is 0 Å². The second-order valence-corrected chi connectivity index (χ2v) is 5.42. The van der Waals surface area contributed by atoms with E-state index in [0.29, 0.717) is 24.5 Å². The molecule has 21 heavy (non-hydrogen) atoms. The Balaban J connectivity index is 1.51. The molecule has 0 atom stereocenters. The zero-order valence-corrected chi connectivity index (χ0v) is 12.5. The van der Waals surface area contributed by atoms with E-state index in [1.54, 1.807) is 12.1 Å². The van der Waals surface area contributed by atoms with Crippen molar-refractivity contribution in [3.05, 3.63) is 24.3 Å². The molecule has 1 aromatic carbocycles. The molecule has 0 bridgehead atoms. The summed E-state index contributed by atoms with van der Waals surface area (Å²) in [7, 11) is 0. The molecule has 5 heteroatoms. The van der Waals surface area contributed by atoms with Gasteiger partial charge in [0.1, 0.15) is 5.75 Å². The Hall–Kier alpha value is -1.75. The summed E-state index contributed by atoms with van der Waals surface area (Å²) in [6.07, 6.45) is 4.02. The van der Waals surface area contributed by atoms with Gasteiger partial charge in [-0.2, -0.15) is 0 Å². The number of nitrogens with zero attached hydrogens (tertiary/aromatic N) is 1. The van der Waals surface area contributed by atoms with Crippen molar-refractivity contribution in [2.24, 2.45) is 0 Å². The topological polar surface area (TPSA) is 67.6 Å². The van der Waals surface area contributed by atoms with Gasteiger partial charge in [-0.1, -0.05) is 6.07 Å². The predicted molar refractivity (Wildman–Crippen MR) is 84.3 cm³/mol. The second-order valence-electron chi connectivity index (χ2n) is 5.42. The average molecular weight is 291 g/mol. The number of hydrogen-bond donors (Lipinski definition) is 2. The molecular formula is C16H25N3O2. The number of nitrogens with one attached hydrogen (secondary N) is 1. The van der Waals surface area contributed by atoms with E-state index in [1.165, 1.54) is 25.9 Å². The Bertz CT molecular complexity index is 445. The minimum absolute atomic E-state index is 0.0420. The Labute approximate surface area is 126 Å². The van der Waals surface area contributed by atoms with Crippen LogP contribution in [-0.2, 0) is 4.79 Å². The SMILES string of the molecule is Nc1cccc(OCCC(=O)NCCCN2CCCC2)c1. The van der Waals surface area contributed by atoms with Crippen molar-refractivity contribution in [3.63, 3.8) is 0 Å². The van der Waals surface area contributed by atoms with Crippen molar-refractivity contribution in [2.75, 3.05) is 38.5 Å². The summed E-state index contributed by atoms with van der Waals surface area (Å²) in [5, 5.41) is 2.93. The standard InChI is InChI=1S/C16H25N3O2/c17-14-5-3-6-15(13-14)21-12-7-16(20)18-8-4-11-19-9-1-2-10-19/h3,5-6,13H,1-2,4,7-12,17H2,(H,18,20). The smallest absolute Gasteiger partial charge is 0.223 e. The van der Waals surface area contributed by atoms with E-state index in [-0.39, 0.29) is 5.91 Å². The summed E-state index contributed by atoms with van der Waals surface area (Å²) < 4.78 is 5.50. The molecule has 1 aliphatic rings. The van der Waals surface area contributed by atoms with E-state index < -0.39 is 0 Å². The minimum atomic E-state index is 0.0420. The van der Waals surface area contributed by atoms with Gasteiger partial charge in [0.2, 0.25) is 5.91 Å². The van der Waals surface area contributed by atoms with E-state index in [9.17, 15) is 4.79 Å². The third-order valence-electron chi connectivity index (χ3n) is 3.63. The maximum absolute atomic E-state index is 11.7. The number of amides is 1. The predicted octanol–water partition coefficient (Wildman–Crippen LogP) is 1.64. The Morgan fingerprint density at radius 2 is 2.14 bits per heavy atom. The highest BCUT2D eigenvalue weighted by Gasteiger charge is 2.10. The molecule has 1 aliphatic heterocycles. The molecule has 0 saturated carbocycles. The van der Waals surface area contributed by atoms with E-state index in [4.69, 9.17) is 10.5 Å². The molecule has 116 valence electrons. The lowest BCUT2D eigenvalue weighted by Gasteiger charge is -2.14. The van der Waals surface area contributed by atoms with Crippen LogP contribution in [0.5, 0.6) is 5.75 Å². The number of carbonyl (C=O) groups is 1. The molecule has 5 nitrogen and oxygen atoms in total. The quantitative estimate of drug-likeness (QED) is 0.564. The fraction of sp³-hybridized carbons (Fsp3) is 0.562. The zero-order chi connectivity index (χ0) is 14.9. The third-order valence-corrected chi connectivity index (χ3v) is 3.63. The van der Waals surface area contributed by atoms with Crippen LogP contribution in [0.1, 0.15) is 25.7 Å². The molecule has 1 heterocycles. The molecule has 1 amide bonds. The molecule has 0 spiro atoms. The summed E-state index contributed by atoms with van der Waals surface area (Å²) in [5.74, 6) is 0.747. The lowest BCUT2D eigenvalue weighted by atomic mass is 10.3. The van der Waals surface area contributed by atoms with Crippen LogP contribution in [0.4, 0.5) is 5.69 Å². The van der Waals surface area contributed by atoms with Crippen molar-refractivity contribution < 1.29 is 9.53 Å². The van der Waals surface area contributed by atoms with Gasteiger partial charge in [0.25, 0.3) is 0 Å². The van der Waals surface area contributed by atoms with Gasteiger partial charge in [-0.3, -0.25) is 4.79 Å². The van der Waals surface area contributed by atoms with Crippen LogP contribution in [0, 0.1) is 0 Å². The summed E-state index contributed by atoms with van der Waals surface area (Å²) in [5.41, 5.74) is 6.33. The average Bonchev–Trinajstić information content (AvgIpc) is 2.97. The number of likely N-dealkylation sites (tertiary alicyclic amines) is 1. The first kappa shape index (κ1) is 15.6. The summed E-state index contributed by atoms with van der Waals surface area (Å²) in [4.78, 5) is 14.1. The molecule has 0 aliphatic carbocycles. The molecule has 0 aromatic heterocycles. The molecule has 0 radical (unpaired) electrons. The van der Waals surface area contributed by atoms with Gasteiger partial charge in [-0.15, -0.1) is 0 Å². The van der Waals surface area contributed by atoms with E-state index >= 15 is 0 Å². The molecule has 2 rings (SSSR count). The van der Waals surface area contributed by atoms with Gasteiger partial charge in [-0.25, -0.2) is 0 Å². The monoisotopic (exact) mass is 291 g/mol. The number of anilines is 1. The minimum Gasteiger partial charge on any atom is -0.493 e. The molecule has 1 fully saturated rings. The largest absolute Gasteiger partial charge is 0.493 e. The van der Waals surface area contributed by atoms with Crippen molar-refractivity contribution in [1.82, 2.24) is 10.2 Å². The van der Waals surface area contributed by atoms with Crippen molar-refractivity contribution >= 4 is 11.6 Å².